The van der Waals surface area contributed by atoms with Crippen LogP contribution in [0, 0.1) is 13.8 Å². The van der Waals surface area contributed by atoms with Crippen molar-refractivity contribution in [2.45, 2.75) is 51.4 Å². The second kappa shape index (κ2) is 18.7. The average Bonchev–Trinajstić information content (AvgIpc) is 2.22. The summed E-state index contributed by atoms with van der Waals surface area (Å²) >= 11 is 0. The van der Waals surface area contributed by atoms with E-state index >= 15 is 0 Å². The van der Waals surface area contributed by atoms with Gasteiger partial charge in [-0.2, -0.15) is 0 Å². The summed E-state index contributed by atoms with van der Waals surface area (Å²) in [6.45, 7) is 9.04. The molecule has 0 heterocycles. The quantitative estimate of drug-likeness (QED) is 0.592. The topological polar surface area (TPSA) is 52.0 Å². The Kier molecular flexibility index (Phi) is 21.8. The minimum atomic E-state index is 0.824. The Morgan fingerprint density at radius 2 is 0.929 bits per heavy atom. The zero-order valence-electron chi connectivity index (χ0n) is 9.64. The van der Waals surface area contributed by atoms with Crippen LogP contribution >= 0.6 is 0 Å². The van der Waals surface area contributed by atoms with Crippen LogP contribution in [0.3, 0.4) is 0 Å². The van der Waals surface area contributed by atoms with Crippen molar-refractivity contribution in [3.63, 3.8) is 0 Å². The number of hydrogen-bond donors (Lipinski definition) is 2. The second-order valence-electron chi connectivity index (χ2n) is 3.41. The SMILES string of the molecule is NCCCCCCN.[CH2]CCCC[CH2]. The second-order valence-corrected chi connectivity index (χ2v) is 3.41. The van der Waals surface area contributed by atoms with Gasteiger partial charge in [0, 0.05) is 0 Å². The molecule has 2 heteroatoms. The zero-order valence-corrected chi connectivity index (χ0v) is 9.64. The minimum Gasteiger partial charge on any atom is -0.330 e. The van der Waals surface area contributed by atoms with E-state index < -0.39 is 0 Å². The number of unbranched alkanes of at least 4 members (excludes halogenated alkanes) is 6. The van der Waals surface area contributed by atoms with Crippen LogP contribution < -0.4 is 11.5 Å². The van der Waals surface area contributed by atoms with Gasteiger partial charge in [0.25, 0.3) is 0 Å². The molecule has 0 aromatic rings. The third-order valence-corrected chi connectivity index (χ3v) is 1.91. The minimum absolute atomic E-state index is 0.824. The van der Waals surface area contributed by atoms with Crippen LogP contribution in [0.2, 0.25) is 0 Å². The molecule has 0 bridgehead atoms. The van der Waals surface area contributed by atoms with Crippen molar-refractivity contribution < 1.29 is 0 Å². The van der Waals surface area contributed by atoms with Gasteiger partial charge in [0.05, 0.1) is 0 Å². The Morgan fingerprint density at radius 1 is 0.571 bits per heavy atom. The average molecular weight is 200 g/mol. The highest BCUT2D eigenvalue weighted by molar-refractivity contribution is 4.44. The van der Waals surface area contributed by atoms with Crippen molar-refractivity contribution in [1.82, 2.24) is 0 Å². The molecule has 0 aliphatic rings. The lowest BCUT2D eigenvalue weighted by atomic mass is 10.2. The third kappa shape index (κ3) is 22.7. The maximum Gasteiger partial charge on any atom is -0.00773 e. The van der Waals surface area contributed by atoms with Crippen molar-refractivity contribution in [3.05, 3.63) is 13.8 Å². The number of hydrogen-bond acceptors (Lipinski definition) is 2. The molecule has 14 heavy (non-hydrogen) atoms. The summed E-state index contributed by atoms with van der Waals surface area (Å²) < 4.78 is 0. The molecule has 4 N–H and O–H groups in total. The first-order valence-electron chi connectivity index (χ1n) is 5.82. The zero-order chi connectivity index (χ0) is 11.1. The highest BCUT2D eigenvalue weighted by Gasteiger charge is 1.83. The Bertz CT molecular complexity index is 64.7. The molecule has 0 aliphatic heterocycles. The largest absolute Gasteiger partial charge is 0.330 e. The van der Waals surface area contributed by atoms with E-state index in [4.69, 9.17) is 11.5 Å². The Balaban J connectivity index is 0. The number of rotatable bonds is 8. The first kappa shape index (κ1) is 16.4. The van der Waals surface area contributed by atoms with Gasteiger partial charge in [-0.3, -0.25) is 0 Å². The van der Waals surface area contributed by atoms with E-state index in [1.807, 2.05) is 0 Å². The van der Waals surface area contributed by atoms with E-state index in [0.29, 0.717) is 0 Å². The van der Waals surface area contributed by atoms with Gasteiger partial charge in [-0.05, 0) is 25.9 Å². The van der Waals surface area contributed by atoms with Crippen molar-refractivity contribution in [1.29, 1.82) is 0 Å². The van der Waals surface area contributed by atoms with E-state index in [1.165, 1.54) is 25.7 Å². The van der Waals surface area contributed by atoms with Crippen LogP contribution in [0.5, 0.6) is 0 Å². The van der Waals surface area contributed by atoms with Crippen molar-refractivity contribution in [2.75, 3.05) is 13.1 Å². The summed E-state index contributed by atoms with van der Waals surface area (Å²) in [7, 11) is 0. The van der Waals surface area contributed by atoms with E-state index in [0.717, 1.165) is 38.8 Å². The molecular weight excluding hydrogens is 172 g/mol. The summed E-state index contributed by atoms with van der Waals surface area (Å²) in [4.78, 5) is 0. The van der Waals surface area contributed by atoms with Gasteiger partial charge >= 0.3 is 0 Å². The van der Waals surface area contributed by atoms with Crippen LogP contribution in [-0.2, 0) is 0 Å². The van der Waals surface area contributed by atoms with Crippen LogP contribution in [0.4, 0.5) is 0 Å². The normalized spacial score (nSPS) is 9.43. The Morgan fingerprint density at radius 3 is 1.14 bits per heavy atom. The van der Waals surface area contributed by atoms with Gasteiger partial charge in [-0.25, -0.2) is 0 Å². The number of nitrogens with two attached hydrogens (primary N) is 2. The van der Waals surface area contributed by atoms with Gasteiger partial charge in [-0.1, -0.05) is 52.4 Å². The monoisotopic (exact) mass is 200 g/mol. The predicted octanol–water partition coefficient (Wildman–Crippen LogP) is 2.68. The summed E-state index contributed by atoms with van der Waals surface area (Å²) in [6, 6.07) is 0. The van der Waals surface area contributed by atoms with Gasteiger partial charge in [0.1, 0.15) is 0 Å². The fourth-order valence-corrected chi connectivity index (χ4v) is 0.996. The first-order chi connectivity index (χ1) is 6.83. The smallest absolute Gasteiger partial charge is 0.00773 e. The molecule has 0 aromatic carbocycles. The van der Waals surface area contributed by atoms with Crippen molar-refractivity contribution in [3.8, 4) is 0 Å². The molecule has 0 atom stereocenters. The Labute approximate surface area is 90.4 Å². The molecular formula is C12H28N2. The van der Waals surface area contributed by atoms with Crippen LogP contribution in [-0.4, -0.2) is 13.1 Å². The first-order valence-corrected chi connectivity index (χ1v) is 5.82. The van der Waals surface area contributed by atoms with Gasteiger partial charge in [-0.15, -0.1) is 0 Å². The van der Waals surface area contributed by atoms with Gasteiger partial charge < -0.3 is 11.5 Å². The molecule has 0 aliphatic carbocycles. The summed E-state index contributed by atoms with van der Waals surface area (Å²) in [5.41, 5.74) is 10.6. The van der Waals surface area contributed by atoms with Gasteiger partial charge in [0.2, 0.25) is 0 Å². The standard InChI is InChI=1S/C6H16N2.C6H12/c7-5-3-1-2-4-6-8;1-3-5-6-4-2/h1-8H2;1-6H2. The molecule has 0 rings (SSSR count). The summed E-state index contributed by atoms with van der Waals surface area (Å²) in [5.74, 6) is 0. The molecule has 0 spiro atoms. The predicted molar refractivity (Wildman–Crippen MR) is 65.8 cm³/mol. The van der Waals surface area contributed by atoms with Crippen LogP contribution in [0.15, 0.2) is 0 Å². The van der Waals surface area contributed by atoms with E-state index in [2.05, 4.69) is 13.8 Å². The molecule has 0 saturated carbocycles. The van der Waals surface area contributed by atoms with Crippen LogP contribution in [0.1, 0.15) is 51.4 Å². The van der Waals surface area contributed by atoms with E-state index in [9.17, 15) is 0 Å². The fraction of sp³-hybridized carbons (Fsp3) is 0.833. The van der Waals surface area contributed by atoms with E-state index in [-0.39, 0.29) is 0 Å². The molecule has 0 amide bonds. The molecule has 0 unspecified atom stereocenters. The third-order valence-electron chi connectivity index (χ3n) is 1.91. The lowest BCUT2D eigenvalue weighted by Gasteiger charge is -1.94. The lowest BCUT2D eigenvalue weighted by Crippen LogP contribution is -2.00. The highest BCUT2D eigenvalue weighted by atomic mass is 14.5. The summed E-state index contributed by atoms with van der Waals surface area (Å²) in [6.07, 6.45) is 9.40. The molecule has 2 nitrogen and oxygen atoms in total. The fourth-order valence-electron chi connectivity index (χ4n) is 0.996. The van der Waals surface area contributed by atoms with Crippen LogP contribution in [0.25, 0.3) is 0 Å². The van der Waals surface area contributed by atoms with E-state index in [1.54, 1.807) is 0 Å². The maximum atomic E-state index is 5.28. The lowest BCUT2D eigenvalue weighted by molar-refractivity contribution is 0.653. The highest BCUT2D eigenvalue weighted by Crippen LogP contribution is 1.95. The molecule has 0 saturated heterocycles. The van der Waals surface area contributed by atoms with Crippen molar-refractivity contribution >= 4 is 0 Å². The van der Waals surface area contributed by atoms with Gasteiger partial charge in [0.15, 0.2) is 0 Å². The maximum absolute atomic E-state index is 5.28. The molecule has 2 radical (unpaired) electrons. The Hall–Kier alpha value is -0.0800. The molecule has 0 fully saturated rings. The summed E-state index contributed by atoms with van der Waals surface area (Å²) in [5, 5.41) is 0. The molecule has 86 valence electrons. The van der Waals surface area contributed by atoms with Crippen molar-refractivity contribution in [2.24, 2.45) is 11.5 Å². The molecule has 0 aromatic heterocycles.